The minimum Gasteiger partial charge on any atom is -0.350 e. The maximum absolute atomic E-state index is 12.3. The van der Waals surface area contributed by atoms with Crippen molar-refractivity contribution in [1.29, 1.82) is 0 Å². The maximum Gasteiger partial charge on any atom is 0.251 e. The average molecular weight is 324 g/mol. The predicted octanol–water partition coefficient (Wildman–Crippen LogP) is 1.53. The van der Waals surface area contributed by atoms with Crippen LogP contribution in [0.2, 0.25) is 0 Å². The van der Waals surface area contributed by atoms with E-state index in [1.807, 2.05) is 13.8 Å². The first-order chi connectivity index (χ1) is 10.0. The summed E-state index contributed by atoms with van der Waals surface area (Å²) in [5, 5.41) is 2.75. The number of nitrogens with zero attached hydrogens (tertiary/aromatic N) is 1. The molecule has 0 spiro atoms. The van der Waals surface area contributed by atoms with Gasteiger partial charge in [0.25, 0.3) is 5.91 Å². The molecule has 0 bridgehead atoms. The van der Waals surface area contributed by atoms with E-state index in [2.05, 4.69) is 5.32 Å². The normalized spacial score (nSPS) is 19.5. The molecule has 0 radical (unpaired) electrons. The van der Waals surface area contributed by atoms with Crippen molar-refractivity contribution in [2.45, 2.75) is 33.7 Å². The Bertz CT molecular complexity index is 706. The van der Waals surface area contributed by atoms with Crippen LogP contribution >= 0.6 is 0 Å². The fourth-order valence-electron chi connectivity index (χ4n) is 2.36. The van der Waals surface area contributed by atoms with Crippen molar-refractivity contribution >= 4 is 27.5 Å². The number of amides is 2. The van der Waals surface area contributed by atoms with Crippen molar-refractivity contribution in [3.05, 3.63) is 29.8 Å². The van der Waals surface area contributed by atoms with Crippen LogP contribution in [0, 0.1) is 5.41 Å². The van der Waals surface area contributed by atoms with Crippen LogP contribution in [-0.2, 0) is 14.8 Å². The second-order valence-corrected chi connectivity index (χ2v) is 8.20. The summed E-state index contributed by atoms with van der Waals surface area (Å²) < 4.78 is 25.2. The van der Waals surface area contributed by atoms with Crippen LogP contribution in [0.25, 0.3) is 0 Å². The third-order valence-corrected chi connectivity index (χ3v) is 5.39. The fraction of sp³-hybridized carbons (Fsp3) is 0.467. The van der Waals surface area contributed by atoms with Crippen LogP contribution in [0.15, 0.2) is 24.3 Å². The average Bonchev–Trinajstić information content (AvgIpc) is 2.53. The van der Waals surface area contributed by atoms with Gasteiger partial charge in [0.05, 0.1) is 16.9 Å². The molecule has 7 heteroatoms. The molecule has 1 aliphatic heterocycles. The third-order valence-electron chi connectivity index (χ3n) is 3.37. The summed E-state index contributed by atoms with van der Waals surface area (Å²) in [6.07, 6.45) is 0. The van der Waals surface area contributed by atoms with Gasteiger partial charge in [0.15, 0.2) is 0 Å². The number of carbonyl (C=O) groups excluding carboxylic acids is 2. The topological polar surface area (TPSA) is 83.6 Å². The zero-order valence-corrected chi connectivity index (χ0v) is 13.9. The summed E-state index contributed by atoms with van der Waals surface area (Å²) in [4.78, 5) is 24.1. The lowest BCUT2D eigenvalue weighted by molar-refractivity contribution is -0.123. The number of benzene rings is 1. The number of hydrogen-bond donors (Lipinski definition) is 1. The lowest BCUT2D eigenvalue weighted by Gasteiger charge is -2.17. The Morgan fingerprint density at radius 3 is 2.18 bits per heavy atom. The molecule has 1 N–H and O–H groups in total. The first-order valence-electron chi connectivity index (χ1n) is 7.03. The number of carbonyl (C=O) groups is 2. The second kappa shape index (κ2) is 5.39. The Hall–Kier alpha value is -1.89. The Morgan fingerprint density at radius 1 is 1.23 bits per heavy atom. The lowest BCUT2D eigenvalue weighted by Crippen LogP contribution is -2.33. The molecule has 1 saturated heterocycles. The highest BCUT2D eigenvalue weighted by molar-refractivity contribution is 7.94. The highest BCUT2D eigenvalue weighted by atomic mass is 32.2. The molecule has 1 aromatic rings. The van der Waals surface area contributed by atoms with Gasteiger partial charge in [-0.15, -0.1) is 0 Å². The molecular formula is C15H20N2O4S. The van der Waals surface area contributed by atoms with Gasteiger partial charge in [-0.3, -0.25) is 9.59 Å². The van der Waals surface area contributed by atoms with Crippen LogP contribution in [0.5, 0.6) is 0 Å². The Kier molecular flexibility index (Phi) is 4.04. The molecule has 1 aliphatic rings. The van der Waals surface area contributed by atoms with Crippen molar-refractivity contribution < 1.29 is 18.0 Å². The Labute approximate surface area is 130 Å². The summed E-state index contributed by atoms with van der Waals surface area (Å²) in [6, 6.07) is 5.99. The quantitative estimate of drug-likeness (QED) is 0.914. The lowest BCUT2D eigenvalue weighted by atomic mass is 9.95. The summed E-state index contributed by atoms with van der Waals surface area (Å²) in [6.45, 7) is 6.92. The van der Waals surface area contributed by atoms with Gasteiger partial charge >= 0.3 is 0 Å². The Balaban J connectivity index is 2.31. The number of hydrogen-bond acceptors (Lipinski definition) is 4. The molecule has 22 heavy (non-hydrogen) atoms. The summed E-state index contributed by atoms with van der Waals surface area (Å²) in [5.41, 5.74) is -0.260. The maximum atomic E-state index is 12.3. The summed E-state index contributed by atoms with van der Waals surface area (Å²) in [7, 11) is -3.67. The van der Waals surface area contributed by atoms with Gasteiger partial charge in [0.2, 0.25) is 15.9 Å². The fourth-order valence-corrected chi connectivity index (χ4v) is 4.46. The molecule has 0 aromatic heterocycles. The summed E-state index contributed by atoms with van der Waals surface area (Å²) >= 11 is 0. The highest BCUT2D eigenvalue weighted by Gasteiger charge is 2.49. The molecular weight excluding hydrogens is 304 g/mol. The van der Waals surface area contributed by atoms with Crippen molar-refractivity contribution in [1.82, 2.24) is 5.32 Å². The van der Waals surface area contributed by atoms with Gasteiger partial charge in [0.1, 0.15) is 0 Å². The molecule has 1 heterocycles. The predicted molar refractivity (Wildman–Crippen MR) is 84.1 cm³/mol. The molecule has 6 nitrogen and oxygen atoms in total. The van der Waals surface area contributed by atoms with Gasteiger partial charge in [-0.05, 0) is 52.0 Å². The van der Waals surface area contributed by atoms with E-state index < -0.39 is 21.3 Å². The number of anilines is 1. The minimum atomic E-state index is -3.67. The first-order valence-corrected chi connectivity index (χ1v) is 8.64. The van der Waals surface area contributed by atoms with Crippen molar-refractivity contribution in [2.24, 2.45) is 5.41 Å². The molecule has 0 saturated carbocycles. The van der Waals surface area contributed by atoms with E-state index >= 15 is 0 Å². The van der Waals surface area contributed by atoms with Gasteiger partial charge in [-0.25, -0.2) is 12.7 Å². The van der Waals surface area contributed by atoms with E-state index in [1.54, 1.807) is 13.8 Å². The second-order valence-electron chi connectivity index (χ2n) is 6.38. The summed E-state index contributed by atoms with van der Waals surface area (Å²) in [5.74, 6) is -0.904. The zero-order valence-electron chi connectivity index (χ0n) is 13.1. The molecule has 2 amide bonds. The van der Waals surface area contributed by atoms with Crippen LogP contribution in [-0.4, -0.2) is 32.0 Å². The number of nitrogens with one attached hydrogen (secondary N) is 1. The van der Waals surface area contributed by atoms with E-state index in [0.717, 1.165) is 4.31 Å². The zero-order chi connectivity index (χ0) is 16.7. The molecule has 1 fully saturated rings. The van der Waals surface area contributed by atoms with Crippen molar-refractivity contribution in [3.63, 3.8) is 0 Å². The monoisotopic (exact) mass is 324 g/mol. The van der Waals surface area contributed by atoms with Crippen LogP contribution in [0.1, 0.15) is 38.1 Å². The van der Waals surface area contributed by atoms with Crippen LogP contribution < -0.4 is 9.62 Å². The minimum absolute atomic E-state index is 0.00788. The van der Waals surface area contributed by atoms with Gasteiger partial charge in [-0.1, -0.05) is 0 Å². The van der Waals surface area contributed by atoms with E-state index in [4.69, 9.17) is 0 Å². The van der Waals surface area contributed by atoms with E-state index in [9.17, 15) is 18.0 Å². The smallest absolute Gasteiger partial charge is 0.251 e. The molecule has 0 aliphatic carbocycles. The van der Waals surface area contributed by atoms with E-state index in [0.29, 0.717) is 5.56 Å². The van der Waals surface area contributed by atoms with Crippen LogP contribution in [0.4, 0.5) is 5.69 Å². The first kappa shape index (κ1) is 16.5. The molecule has 120 valence electrons. The molecule has 2 rings (SSSR count). The van der Waals surface area contributed by atoms with Gasteiger partial charge < -0.3 is 5.32 Å². The van der Waals surface area contributed by atoms with Crippen molar-refractivity contribution in [3.8, 4) is 0 Å². The number of sulfonamides is 1. The van der Waals surface area contributed by atoms with E-state index in [1.165, 1.54) is 24.3 Å². The third kappa shape index (κ3) is 2.99. The standard InChI is InChI=1S/C15H20N2O4S/c1-10(2)16-13(18)11-5-7-12(8-6-11)17-14(19)15(3,4)9-22(17,20)21/h5-8,10H,9H2,1-4H3,(H,16,18). The van der Waals surface area contributed by atoms with E-state index in [-0.39, 0.29) is 23.4 Å². The number of rotatable bonds is 3. The molecule has 0 unspecified atom stereocenters. The largest absolute Gasteiger partial charge is 0.350 e. The van der Waals surface area contributed by atoms with Crippen molar-refractivity contribution in [2.75, 3.05) is 10.1 Å². The molecule has 0 atom stereocenters. The highest BCUT2D eigenvalue weighted by Crippen LogP contribution is 2.35. The SMILES string of the molecule is CC(C)NC(=O)c1ccc(N2C(=O)C(C)(C)CS2(=O)=O)cc1. The molecule has 1 aromatic carbocycles. The van der Waals surface area contributed by atoms with Gasteiger partial charge in [-0.2, -0.15) is 0 Å². The van der Waals surface area contributed by atoms with Crippen LogP contribution in [0.3, 0.4) is 0 Å². The Morgan fingerprint density at radius 2 is 1.77 bits per heavy atom. The van der Waals surface area contributed by atoms with Gasteiger partial charge in [0, 0.05) is 11.6 Å².